The predicted molar refractivity (Wildman–Crippen MR) is 154 cm³/mol. The normalized spacial score (nSPS) is 13.7. The molecule has 1 aromatic heterocycles. The lowest BCUT2D eigenvalue weighted by Crippen LogP contribution is -2.53. The molecule has 6 nitrogen and oxygen atoms in total. The topological polar surface area (TPSA) is 48.9 Å². The number of benzene rings is 2. The lowest BCUT2D eigenvalue weighted by Gasteiger charge is -2.38. The van der Waals surface area contributed by atoms with E-state index < -0.39 is 11.9 Å². The van der Waals surface area contributed by atoms with Crippen molar-refractivity contribution in [3.05, 3.63) is 109 Å². The van der Waals surface area contributed by atoms with E-state index >= 15 is 0 Å². The quantitative estimate of drug-likeness (QED) is 0.285. The number of nitrogens with zero attached hydrogens (tertiary/aromatic N) is 4. The van der Waals surface area contributed by atoms with E-state index in [0.29, 0.717) is 38.3 Å². The molecular weight excluding hydrogens is 517 g/mol. The summed E-state index contributed by atoms with van der Waals surface area (Å²) in [7, 11) is 0. The van der Waals surface area contributed by atoms with Gasteiger partial charge in [-0.05, 0) is 42.8 Å². The molecule has 0 aliphatic carbocycles. The molecule has 40 heavy (non-hydrogen) atoms. The Morgan fingerprint density at radius 3 is 2.15 bits per heavy atom. The Balaban J connectivity index is 0.00000216. The Morgan fingerprint density at radius 2 is 1.60 bits per heavy atom. The molecule has 1 aliphatic heterocycles. The van der Waals surface area contributed by atoms with Gasteiger partial charge in [-0.3, -0.25) is 4.90 Å². The van der Waals surface area contributed by atoms with Crippen molar-refractivity contribution in [2.24, 2.45) is 0 Å². The highest BCUT2D eigenvalue weighted by Crippen LogP contribution is 2.31. The van der Waals surface area contributed by atoms with Crippen LogP contribution in [0.4, 0.5) is 29.5 Å². The standard InChI is InChI=1S/C29H29F3N4O2.C2H6/c1-3-26(29(30,31)32)38-22(2)24-14-12-23(13-15-24)21-36(25-9-5-4-6-10-25)28(37)35-19-17-34(18-20-35)27-11-7-8-16-33-27;1-2/h3-16H,2,17-21H2,1H3;1-2H3/b26-3-;. The number of hydrogen-bond donors (Lipinski definition) is 0. The summed E-state index contributed by atoms with van der Waals surface area (Å²) in [6.07, 6.45) is -1.98. The molecule has 2 heterocycles. The lowest BCUT2D eigenvalue weighted by atomic mass is 10.1. The molecule has 1 aliphatic rings. The van der Waals surface area contributed by atoms with E-state index in [2.05, 4.69) is 16.5 Å². The fraction of sp³-hybridized carbons (Fsp3) is 0.290. The maximum atomic E-state index is 13.6. The van der Waals surface area contributed by atoms with Gasteiger partial charge < -0.3 is 14.5 Å². The summed E-state index contributed by atoms with van der Waals surface area (Å²) in [6, 6.07) is 21.8. The number of halogens is 3. The fourth-order valence-electron chi connectivity index (χ4n) is 4.17. The first-order chi connectivity index (χ1) is 19.3. The van der Waals surface area contributed by atoms with E-state index in [1.165, 1.54) is 6.92 Å². The first-order valence-corrected chi connectivity index (χ1v) is 13.2. The van der Waals surface area contributed by atoms with E-state index in [0.717, 1.165) is 23.1 Å². The van der Waals surface area contributed by atoms with E-state index in [9.17, 15) is 18.0 Å². The summed E-state index contributed by atoms with van der Waals surface area (Å²) in [5.41, 5.74) is 1.98. The molecule has 4 rings (SSSR count). The van der Waals surface area contributed by atoms with Crippen molar-refractivity contribution in [2.75, 3.05) is 36.0 Å². The van der Waals surface area contributed by atoms with Crippen molar-refractivity contribution < 1.29 is 22.7 Å². The van der Waals surface area contributed by atoms with Gasteiger partial charge in [0.2, 0.25) is 5.76 Å². The van der Waals surface area contributed by atoms with Crippen LogP contribution in [-0.4, -0.2) is 48.3 Å². The van der Waals surface area contributed by atoms with Crippen molar-refractivity contribution in [3.8, 4) is 0 Å². The number of alkyl halides is 3. The second-order valence-corrected chi connectivity index (χ2v) is 8.74. The predicted octanol–water partition coefficient (Wildman–Crippen LogP) is 7.51. The van der Waals surface area contributed by atoms with Gasteiger partial charge in [0.25, 0.3) is 0 Å². The van der Waals surface area contributed by atoms with Crippen LogP contribution in [0.1, 0.15) is 31.9 Å². The zero-order valence-electron chi connectivity index (χ0n) is 23.1. The van der Waals surface area contributed by atoms with Crippen LogP contribution in [0, 0.1) is 0 Å². The zero-order valence-corrected chi connectivity index (χ0v) is 23.1. The fourth-order valence-corrected chi connectivity index (χ4v) is 4.17. The molecule has 2 amide bonds. The Hall–Kier alpha value is -4.27. The van der Waals surface area contributed by atoms with Crippen molar-refractivity contribution in [1.29, 1.82) is 0 Å². The van der Waals surface area contributed by atoms with Crippen molar-refractivity contribution in [1.82, 2.24) is 9.88 Å². The first kappa shape index (κ1) is 30.3. The number of urea groups is 1. The van der Waals surface area contributed by atoms with Gasteiger partial charge in [0.05, 0.1) is 6.54 Å². The van der Waals surface area contributed by atoms with Crippen LogP contribution in [-0.2, 0) is 11.3 Å². The van der Waals surface area contributed by atoms with Gasteiger partial charge in [-0.1, -0.05) is 69.0 Å². The van der Waals surface area contributed by atoms with Crippen LogP contribution < -0.4 is 9.80 Å². The molecular formula is C31H35F3N4O2. The van der Waals surface area contributed by atoms with Gasteiger partial charge in [0, 0.05) is 43.6 Å². The number of ether oxygens (including phenoxy) is 1. The lowest BCUT2D eigenvalue weighted by molar-refractivity contribution is -0.120. The van der Waals surface area contributed by atoms with Crippen LogP contribution in [0.5, 0.6) is 0 Å². The molecule has 0 radical (unpaired) electrons. The van der Waals surface area contributed by atoms with Crippen molar-refractivity contribution >= 4 is 23.3 Å². The van der Waals surface area contributed by atoms with Crippen LogP contribution in [0.25, 0.3) is 5.76 Å². The third-order valence-electron chi connectivity index (χ3n) is 6.21. The minimum absolute atomic E-state index is 0.108. The second kappa shape index (κ2) is 14.2. The van der Waals surface area contributed by atoms with Gasteiger partial charge >= 0.3 is 12.2 Å². The molecule has 9 heteroatoms. The monoisotopic (exact) mass is 552 g/mol. The van der Waals surface area contributed by atoms with Crippen LogP contribution >= 0.6 is 0 Å². The third kappa shape index (κ3) is 7.88. The minimum atomic E-state index is -4.60. The average molecular weight is 553 g/mol. The molecule has 0 spiro atoms. The van der Waals surface area contributed by atoms with Crippen molar-refractivity contribution in [2.45, 2.75) is 33.5 Å². The smallest absolute Gasteiger partial charge is 0.449 e. The maximum absolute atomic E-state index is 13.6. The SMILES string of the molecule is C=C(O/C(=C\C)C(F)(F)F)c1ccc(CN(C(=O)N2CCN(c3ccccn3)CC2)c2ccccc2)cc1.CC. The maximum Gasteiger partial charge on any atom is 0.449 e. The summed E-state index contributed by atoms with van der Waals surface area (Å²) in [4.78, 5) is 23.7. The number of rotatable bonds is 7. The minimum Gasteiger partial charge on any atom is -0.453 e. The Bertz CT molecular complexity index is 1260. The van der Waals surface area contributed by atoms with E-state index in [-0.39, 0.29) is 11.8 Å². The summed E-state index contributed by atoms with van der Waals surface area (Å²) in [6.45, 7) is 11.7. The van der Waals surface area contributed by atoms with Gasteiger partial charge in [-0.25, -0.2) is 9.78 Å². The number of aromatic nitrogens is 1. The van der Waals surface area contributed by atoms with Gasteiger partial charge in [0.1, 0.15) is 11.6 Å². The number of carbonyl (C=O) groups excluding carboxylic acids is 1. The molecule has 0 atom stereocenters. The number of hydrogen-bond acceptors (Lipinski definition) is 4. The van der Waals surface area contributed by atoms with Crippen LogP contribution in [0.15, 0.2) is 97.4 Å². The Labute approximate surface area is 234 Å². The number of amides is 2. The molecule has 2 aromatic carbocycles. The molecule has 0 saturated carbocycles. The Morgan fingerprint density at radius 1 is 0.975 bits per heavy atom. The van der Waals surface area contributed by atoms with Gasteiger partial charge in [-0.2, -0.15) is 13.2 Å². The number of carbonyl (C=O) groups is 1. The molecule has 0 unspecified atom stereocenters. The highest BCUT2D eigenvalue weighted by Gasteiger charge is 2.36. The number of allylic oxidation sites excluding steroid dienone is 2. The van der Waals surface area contributed by atoms with Gasteiger partial charge in [-0.15, -0.1) is 0 Å². The Kier molecular flexibility index (Phi) is 10.8. The highest BCUT2D eigenvalue weighted by atomic mass is 19.4. The highest BCUT2D eigenvalue weighted by molar-refractivity contribution is 5.92. The van der Waals surface area contributed by atoms with Crippen LogP contribution in [0.3, 0.4) is 0 Å². The molecule has 0 N–H and O–H groups in total. The van der Waals surface area contributed by atoms with Crippen LogP contribution in [0.2, 0.25) is 0 Å². The van der Waals surface area contributed by atoms with E-state index in [1.54, 1.807) is 35.4 Å². The molecule has 212 valence electrons. The largest absolute Gasteiger partial charge is 0.453 e. The average Bonchev–Trinajstić information content (AvgIpc) is 3.00. The zero-order chi connectivity index (χ0) is 29.1. The van der Waals surface area contributed by atoms with E-state index in [1.807, 2.05) is 67.3 Å². The molecule has 1 fully saturated rings. The van der Waals surface area contributed by atoms with E-state index in [4.69, 9.17) is 4.74 Å². The second-order valence-electron chi connectivity index (χ2n) is 8.74. The number of piperazine rings is 1. The summed E-state index contributed by atoms with van der Waals surface area (Å²) >= 11 is 0. The van der Waals surface area contributed by atoms with Crippen molar-refractivity contribution in [3.63, 3.8) is 0 Å². The molecule has 0 bridgehead atoms. The summed E-state index contributed by atoms with van der Waals surface area (Å²) in [5, 5.41) is 0. The molecule has 3 aromatic rings. The first-order valence-electron chi connectivity index (χ1n) is 13.2. The summed E-state index contributed by atoms with van der Waals surface area (Å²) < 4.78 is 44.0. The van der Waals surface area contributed by atoms with Gasteiger partial charge in [0.15, 0.2) is 0 Å². The molecule has 1 saturated heterocycles. The number of pyridine rings is 1. The number of para-hydroxylation sites is 1. The number of anilines is 2. The summed E-state index contributed by atoms with van der Waals surface area (Å²) in [5.74, 6) is -0.332. The third-order valence-corrected chi connectivity index (χ3v) is 6.21.